The number of nitrogens with zero attached hydrogens (tertiary/aromatic N) is 2. The molecule has 1 aliphatic heterocycles. The number of carbonyl (C=O) groups excluding carboxylic acids is 2. The fourth-order valence-electron chi connectivity index (χ4n) is 4.74. The number of carbonyl (C=O) groups is 2. The van der Waals surface area contributed by atoms with Gasteiger partial charge in [-0.15, -0.1) is 0 Å². The molecule has 0 fully saturated rings. The van der Waals surface area contributed by atoms with E-state index in [1.807, 2.05) is 18.2 Å². The minimum Gasteiger partial charge on any atom is -0.381 e. The lowest BCUT2D eigenvalue weighted by Gasteiger charge is -2.45. The molecule has 3 N–H and O–H groups in total. The molecule has 2 aliphatic rings. The number of hydrogen-bond donors (Lipinski definition) is 3. The van der Waals surface area contributed by atoms with Crippen molar-refractivity contribution in [3.05, 3.63) is 65.4 Å². The van der Waals surface area contributed by atoms with E-state index in [1.165, 1.54) is 18.7 Å². The molecule has 32 heavy (non-hydrogen) atoms. The van der Waals surface area contributed by atoms with Crippen LogP contribution in [0.1, 0.15) is 54.6 Å². The highest BCUT2D eigenvalue weighted by atomic mass is 16.2. The van der Waals surface area contributed by atoms with Gasteiger partial charge in [-0.05, 0) is 48.2 Å². The molecule has 3 atom stereocenters. The summed E-state index contributed by atoms with van der Waals surface area (Å²) in [5, 5.41) is 18.6. The van der Waals surface area contributed by atoms with E-state index in [-0.39, 0.29) is 29.2 Å². The monoisotopic (exact) mass is 429 g/mol. The van der Waals surface area contributed by atoms with E-state index >= 15 is 0 Å². The number of allylic oxidation sites excluding steroid dienone is 2. The minimum atomic E-state index is -0.222. The van der Waals surface area contributed by atoms with Crippen molar-refractivity contribution in [1.82, 2.24) is 10.3 Å². The second-order valence-electron chi connectivity index (χ2n) is 9.17. The van der Waals surface area contributed by atoms with Crippen LogP contribution in [-0.4, -0.2) is 29.4 Å². The number of benzene rings is 1. The van der Waals surface area contributed by atoms with Gasteiger partial charge in [-0.25, -0.2) is 4.98 Å². The summed E-state index contributed by atoms with van der Waals surface area (Å²) >= 11 is 0. The van der Waals surface area contributed by atoms with Gasteiger partial charge in [0.1, 0.15) is 5.82 Å². The van der Waals surface area contributed by atoms with Gasteiger partial charge in [0, 0.05) is 42.7 Å². The van der Waals surface area contributed by atoms with Crippen molar-refractivity contribution < 1.29 is 9.59 Å². The van der Waals surface area contributed by atoms with Crippen molar-refractivity contribution in [2.45, 2.75) is 39.2 Å². The predicted octanol–water partition coefficient (Wildman–Crippen LogP) is 3.82. The van der Waals surface area contributed by atoms with Gasteiger partial charge in [-0.3, -0.25) is 9.59 Å². The molecule has 2 aromatic rings. The number of nitrogens with one attached hydrogen (secondary N) is 3. The van der Waals surface area contributed by atoms with Crippen molar-refractivity contribution >= 4 is 23.3 Å². The molecular weight excluding hydrogens is 402 g/mol. The number of hydrogen-bond acceptors (Lipinski definition) is 5. The SMILES string of the molecule is CC(=O)Nc1ccc(C(=O)NCC(C)(C)[C@@H]2Nc3ccc(C#N)cc3[C@@H]3C=CC[C@H]23)cn1. The van der Waals surface area contributed by atoms with Crippen LogP contribution in [0.4, 0.5) is 11.5 Å². The third-order valence-electron chi connectivity index (χ3n) is 6.37. The zero-order valence-electron chi connectivity index (χ0n) is 18.5. The van der Waals surface area contributed by atoms with Gasteiger partial charge in [-0.2, -0.15) is 5.26 Å². The highest BCUT2D eigenvalue weighted by Gasteiger charge is 2.44. The van der Waals surface area contributed by atoms with Crippen molar-refractivity contribution in [3.8, 4) is 6.07 Å². The van der Waals surface area contributed by atoms with E-state index in [9.17, 15) is 14.9 Å². The lowest BCUT2D eigenvalue weighted by atomic mass is 9.69. The Bertz CT molecular complexity index is 1110. The molecule has 0 radical (unpaired) electrons. The quantitative estimate of drug-likeness (QED) is 0.627. The predicted molar refractivity (Wildman–Crippen MR) is 123 cm³/mol. The van der Waals surface area contributed by atoms with Gasteiger partial charge in [0.25, 0.3) is 5.91 Å². The fraction of sp³-hybridized carbons (Fsp3) is 0.360. The van der Waals surface area contributed by atoms with E-state index in [0.29, 0.717) is 29.4 Å². The zero-order chi connectivity index (χ0) is 22.9. The molecule has 2 amide bonds. The van der Waals surface area contributed by atoms with Gasteiger partial charge in [-0.1, -0.05) is 26.0 Å². The molecule has 1 aromatic carbocycles. The zero-order valence-corrected chi connectivity index (χ0v) is 18.5. The molecule has 164 valence electrons. The van der Waals surface area contributed by atoms with E-state index in [4.69, 9.17) is 0 Å². The Morgan fingerprint density at radius 1 is 1.28 bits per heavy atom. The van der Waals surface area contributed by atoms with Crippen molar-refractivity contribution in [3.63, 3.8) is 0 Å². The first-order valence-electron chi connectivity index (χ1n) is 10.8. The van der Waals surface area contributed by atoms with Gasteiger partial charge >= 0.3 is 0 Å². The van der Waals surface area contributed by atoms with Gasteiger partial charge in [0.05, 0.1) is 17.2 Å². The normalized spacial score (nSPS) is 21.0. The topological polar surface area (TPSA) is 107 Å². The molecule has 7 nitrogen and oxygen atoms in total. The largest absolute Gasteiger partial charge is 0.381 e. The Labute approximate surface area is 187 Å². The summed E-state index contributed by atoms with van der Waals surface area (Å²) in [7, 11) is 0. The van der Waals surface area contributed by atoms with Gasteiger partial charge < -0.3 is 16.0 Å². The van der Waals surface area contributed by atoms with E-state index < -0.39 is 0 Å². The molecule has 1 aromatic heterocycles. The standard InChI is InChI=1S/C25H27N5O2/c1-15(31)29-22-10-8-17(13-27-22)24(32)28-14-25(2,3)23-19-6-4-5-18(19)20-11-16(12-26)7-9-21(20)30-23/h4-5,7-11,13,18-19,23,30H,6,14H2,1-3H3,(H,28,32)(H,27,29,31)/t18-,19+,23-/m1/s1. The van der Waals surface area contributed by atoms with E-state index in [1.54, 1.807) is 12.1 Å². The number of pyridine rings is 1. The van der Waals surface area contributed by atoms with Crippen LogP contribution in [-0.2, 0) is 4.79 Å². The number of fused-ring (bicyclic) bond motifs is 3. The molecule has 2 heterocycles. The maximum Gasteiger partial charge on any atom is 0.252 e. The average molecular weight is 430 g/mol. The van der Waals surface area contributed by atoms with Crippen molar-refractivity contribution in [2.24, 2.45) is 11.3 Å². The number of anilines is 2. The van der Waals surface area contributed by atoms with Crippen LogP contribution >= 0.6 is 0 Å². The van der Waals surface area contributed by atoms with Crippen molar-refractivity contribution in [1.29, 1.82) is 5.26 Å². The summed E-state index contributed by atoms with van der Waals surface area (Å²) in [5.41, 5.74) is 3.12. The van der Waals surface area contributed by atoms with E-state index in [0.717, 1.165) is 12.1 Å². The lowest BCUT2D eigenvalue weighted by Crippen LogP contribution is -2.51. The first-order valence-corrected chi connectivity index (χ1v) is 10.8. The highest BCUT2D eigenvalue weighted by molar-refractivity contribution is 5.94. The van der Waals surface area contributed by atoms with Crippen LogP contribution < -0.4 is 16.0 Å². The third-order valence-corrected chi connectivity index (χ3v) is 6.37. The molecule has 0 unspecified atom stereocenters. The number of nitriles is 1. The fourth-order valence-corrected chi connectivity index (χ4v) is 4.74. The molecule has 4 rings (SSSR count). The molecule has 0 bridgehead atoms. The summed E-state index contributed by atoms with van der Waals surface area (Å²) in [6.45, 7) is 6.22. The molecular formula is C25H27N5O2. The maximum atomic E-state index is 12.7. The van der Waals surface area contributed by atoms with Crippen molar-refractivity contribution in [2.75, 3.05) is 17.2 Å². The molecule has 1 aliphatic carbocycles. The molecule has 0 saturated carbocycles. The van der Waals surface area contributed by atoms with Crippen LogP contribution in [0.5, 0.6) is 0 Å². The van der Waals surface area contributed by atoms with Gasteiger partial charge in [0.2, 0.25) is 5.91 Å². The third kappa shape index (κ3) is 4.22. The second kappa shape index (κ2) is 8.46. The van der Waals surface area contributed by atoms with Crippen LogP contribution in [0.15, 0.2) is 48.7 Å². The average Bonchev–Trinajstić information content (AvgIpc) is 3.27. The van der Waals surface area contributed by atoms with Crippen LogP contribution in [0, 0.1) is 22.7 Å². The summed E-state index contributed by atoms with van der Waals surface area (Å²) in [6.07, 6.45) is 6.89. The Balaban J connectivity index is 1.47. The summed E-state index contributed by atoms with van der Waals surface area (Å²) in [4.78, 5) is 28.0. The first kappa shape index (κ1) is 21.6. The molecule has 0 saturated heterocycles. The van der Waals surface area contributed by atoms with Crippen LogP contribution in [0.3, 0.4) is 0 Å². The number of rotatable bonds is 5. The Morgan fingerprint density at radius 3 is 2.78 bits per heavy atom. The summed E-state index contributed by atoms with van der Waals surface area (Å²) in [6, 6.07) is 11.5. The Hall–Kier alpha value is -3.66. The van der Waals surface area contributed by atoms with Crippen LogP contribution in [0.25, 0.3) is 0 Å². The van der Waals surface area contributed by atoms with Gasteiger partial charge in [0.15, 0.2) is 0 Å². The Morgan fingerprint density at radius 2 is 2.09 bits per heavy atom. The minimum absolute atomic E-state index is 0.156. The summed E-state index contributed by atoms with van der Waals surface area (Å²) in [5.74, 6) is 0.642. The lowest BCUT2D eigenvalue weighted by molar-refractivity contribution is -0.114. The maximum absolute atomic E-state index is 12.7. The number of amides is 2. The smallest absolute Gasteiger partial charge is 0.252 e. The van der Waals surface area contributed by atoms with Crippen LogP contribution in [0.2, 0.25) is 0 Å². The van der Waals surface area contributed by atoms with E-state index in [2.05, 4.69) is 53.0 Å². The Kier molecular flexibility index (Phi) is 5.70. The summed E-state index contributed by atoms with van der Waals surface area (Å²) < 4.78 is 0. The number of aromatic nitrogens is 1. The first-order chi connectivity index (χ1) is 15.3. The molecule has 0 spiro atoms. The second-order valence-corrected chi connectivity index (χ2v) is 9.17. The highest BCUT2D eigenvalue weighted by Crippen LogP contribution is 2.48. The molecule has 7 heteroatoms.